The second-order valence-electron chi connectivity index (χ2n) is 6.50. The van der Waals surface area contributed by atoms with E-state index in [0.29, 0.717) is 28.9 Å². The average Bonchev–Trinajstić information content (AvgIpc) is 3.02. The summed E-state index contributed by atoms with van der Waals surface area (Å²) in [6, 6.07) is 8.92. The highest BCUT2D eigenvalue weighted by atomic mass is 32.1. The number of aliphatic carboxylic acids is 1. The number of hydrogen-bond donors (Lipinski definition) is 1. The van der Waals surface area contributed by atoms with E-state index in [9.17, 15) is 14.7 Å². The molecule has 26 heavy (non-hydrogen) atoms. The van der Waals surface area contributed by atoms with Crippen molar-refractivity contribution in [3.05, 3.63) is 62.5 Å². The highest BCUT2D eigenvalue weighted by molar-refractivity contribution is 7.18. The van der Waals surface area contributed by atoms with E-state index in [1.54, 1.807) is 6.92 Å². The number of carboxylic acid groups (broad SMARTS) is 1. The lowest BCUT2D eigenvalue weighted by Crippen LogP contribution is -2.32. The van der Waals surface area contributed by atoms with Crippen molar-refractivity contribution in [1.82, 2.24) is 9.55 Å². The summed E-state index contributed by atoms with van der Waals surface area (Å²) < 4.78 is 1.34. The van der Waals surface area contributed by atoms with Crippen LogP contribution in [0.4, 0.5) is 0 Å². The van der Waals surface area contributed by atoms with E-state index in [2.05, 4.69) is 4.98 Å². The van der Waals surface area contributed by atoms with Gasteiger partial charge in [0.2, 0.25) is 0 Å². The van der Waals surface area contributed by atoms with Gasteiger partial charge in [-0.2, -0.15) is 0 Å². The Labute approximate surface area is 155 Å². The molecule has 2 aromatic heterocycles. The molecule has 1 unspecified atom stereocenters. The average molecular weight is 370 g/mol. The summed E-state index contributed by atoms with van der Waals surface area (Å²) >= 11 is 1.49. The van der Waals surface area contributed by atoms with E-state index in [0.717, 1.165) is 22.4 Å². The van der Waals surface area contributed by atoms with E-state index in [4.69, 9.17) is 0 Å². The number of aromatic nitrogens is 2. The Morgan fingerprint density at radius 3 is 2.58 bits per heavy atom. The van der Waals surface area contributed by atoms with Gasteiger partial charge in [0.15, 0.2) is 0 Å². The van der Waals surface area contributed by atoms with Crippen LogP contribution in [0.3, 0.4) is 0 Å². The van der Waals surface area contributed by atoms with Crippen LogP contribution in [0.25, 0.3) is 10.2 Å². The standard InChI is InChI=1S/C20H22N2O3S/c1-4-15-11-16-18(26-15)21-13(3)22(19(16)23)17(20(24)25)10-9-14-7-5-12(2)6-8-14/h5-8,11,17H,4,9-10H2,1-3H3,(H,24,25). The van der Waals surface area contributed by atoms with Crippen molar-refractivity contribution < 1.29 is 9.90 Å². The van der Waals surface area contributed by atoms with Crippen molar-refractivity contribution in [1.29, 1.82) is 0 Å². The van der Waals surface area contributed by atoms with Crippen LogP contribution in [0.2, 0.25) is 0 Å². The molecular formula is C20H22N2O3S. The second kappa shape index (κ2) is 7.41. The molecule has 5 nitrogen and oxygen atoms in total. The van der Waals surface area contributed by atoms with E-state index >= 15 is 0 Å². The molecule has 0 fully saturated rings. The van der Waals surface area contributed by atoms with Crippen molar-refractivity contribution >= 4 is 27.5 Å². The van der Waals surface area contributed by atoms with Crippen molar-refractivity contribution in [3.63, 3.8) is 0 Å². The Kier molecular flexibility index (Phi) is 5.23. The zero-order valence-electron chi connectivity index (χ0n) is 15.2. The number of carboxylic acids is 1. The van der Waals surface area contributed by atoms with Crippen molar-refractivity contribution in [2.24, 2.45) is 0 Å². The normalized spacial score (nSPS) is 12.4. The maximum absolute atomic E-state index is 12.9. The van der Waals surface area contributed by atoms with Gasteiger partial charge in [0, 0.05) is 4.88 Å². The SMILES string of the molecule is CCc1cc2c(=O)n(C(CCc3ccc(C)cc3)C(=O)O)c(C)nc2s1. The van der Waals surface area contributed by atoms with Gasteiger partial charge in [0.1, 0.15) is 16.7 Å². The summed E-state index contributed by atoms with van der Waals surface area (Å²) in [6.45, 7) is 5.74. The third kappa shape index (κ3) is 3.55. The lowest BCUT2D eigenvalue weighted by Gasteiger charge is -2.18. The topological polar surface area (TPSA) is 72.2 Å². The third-order valence-corrected chi connectivity index (χ3v) is 5.77. The first-order chi connectivity index (χ1) is 12.4. The predicted octanol–water partition coefficient (Wildman–Crippen LogP) is 3.90. The minimum absolute atomic E-state index is 0.264. The highest BCUT2D eigenvalue weighted by Gasteiger charge is 2.24. The molecular weight excluding hydrogens is 348 g/mol. The summed E-state index contributed by atoms with van der Waals surface area (Å²) in [5.74, 6) is -0.558. The molecule has 1 aromatic carbocycles. The number of rotatable bonds is 6. The molecule has 0 radical (unpaired) electrons. The first-order valence-corrected chi connectivity index (χ1v) is 9.52. The van der Waals surface area contributed by atoms with Gasteiger partial charge in [-0.15, -0.1) is 11.3 Å². The smallest absolute Gasteiger partial charge is 0.326 e. The van der Waals surface area contributed by atoms with Gasteiger partial charge in [0.25, 0.3) is 5.56 Å². The maximum Gasteiger partial charge on any atom is 0.326 e. The molecule has 0 spiro atoms. The van der Waals surface area contributed by atoms with Gasteiger partial charge in [-0.3, -0.25) is 9.36 Å². The van der Waals surface area contributed by atoms with Crippen LogP contribution in [0.5, 0.6) is 0 Å². The fourth-order valence-electron chi connectivity index (χ4n) is 3.11. The Hall–Kier alpha value is -2.47. The van der Waals surface area contributed by atoms with Gasteiger partial charge in [-0.05, 0) is 44.7 Å². The molecule has 0 saturated heterocycles. The van der Waals surface area contributed by atoms with Crippen LogP contribution < -0.4 is 5.56 Å². The monoisotopic (exact) mass is 370 g/mol. The Morgan fingerprint density at radius 2 is 1.96 bits per heavy atom. The number of benzene rings is 1. The molecule has 0 bridgehead atoms. The minimum atomic E-state index is -1.01. The van der Waals surface area contributed by atoms with Gasteiger partial charge >= 0.3 is 5.97 Å². The summed E-state index contributed by atoms with van der Waals surface area (Å²) in [6.07, 6.45) is 1.76. The molecule has 6 heteroatoms. The quantitative estimate of drug-likeness (QED) is 0.714. The number of carbonyl (C=O) groups is 1. The molecule has 0 saturated carbocycles. The third-order valence-electron chi connectivity index (χ3n) is 4.60. The number of hydrogen-bond acceptors (Lipinski definition) is 4. The number of fused-ring (bicyclic) bond motifs is 1. The van der Waals surface area contributed by atoms with Crippen LogP contribution in [0, 0.1) is 13.8 Å². The molecule has 0 aliphatic carbocycles. The molecule has 3 aromatic rings. The summed E-state index contributed by atoms with van der Waals surface area (Å²) in [5.41, 5.74) is 1.96. The zero-order chi connectivity index (χ0) is 18.8. The first-order valence-electron chi connectivity index (χ1n) is 8.70. The fraction of sp³-hybridized carbons (Fsp3) is 0.350. The van der Waals surface area contributed by atoms with Crippen LogP contribution >= 0.6 is 11.3 Å². The Morgan fingerprint density at radius 1 is 1.27 bits per heavy atom. The second-order valence-corrected chi connectivity index (χ2v) is 7.61. The van der Waals surface area contributed by atoms with E-state index < -0.39 is 12.0 Å². The van der Waals surface area contributed by atoms with Crippen LogP contribution in [-0.4, -0.2) is 20.6 Å². The Bertz CT molecular complexity index is 1000. The fourth-order valence-corrected chi connectivity index (χ4v) is 4.11. The van der Waals surface area contributed by atoms with Gasteiger partial charge in [0.05, 0.1) is 5.39 Å². The summed E-state index contributed by atoms with van der Waals surface area (Å²) in [7, 11) is 0. The molecule has 2 heterocycles. The molecule has 1 N–H and O–H groups in total. The number of thiophene rings is 1. The van der Waals surface area contributed by atoms with E-state index in [-0.39, 0.29) is 5.56 Å². The van der Waals surface area contributed by atoms with Gasteiger partial charge in [-0.1, -0.05) is 36.8 Å². The van der Waals surface area contributed by atoms with E-state index in [1.165, 1.54) is 15.9 Å². The minimum Gasteiger partial charge on any atom is -0.480 e. The zero-order valence-corrected chi connectivity index (χ0v) is 16.0. The van der Waals surface area contributed by atoms with Crippen molar-refractivity contribution in [3.8, 4) is 0 Å². The lowest BCUT2D eigenvalue weighted by molar-refractivity contribution is -0.141. The predicted molar refractivity (Wildman–Crippen MR) is 104 cm³/mol. The summed E-state index contributed by atoms with van der Waals surface area (Å²) in [5, 5.41) is 10.2. The van der Waals surface area contributed by atoms with Crippen LogP contribution in [0.1, 0.15) is 41.2 Å². The summed E-state index contributed by atoms with van der Waals surface area (Å²) in [4.78, 5) is 31.1. The number of aryl methyl sites for hydroxylation is 4. The molecule has 3 rings (SSSR count). The van der Waals surface area contributed by atoms with Gasteiger partial charge in [-0.25, -0.2) is 9.78 Å². The number of nitrogens with zero attached hydrogens (tertiary/aromatic N) is 2. The van der Waals surface area contributed by atoms with Gasteiger partial charge < -0.3 is 5.11 Å². The van der Waals surface area contributed by atoms with Crippen LogP contribution in [0.15, 0.2) is 35.1 Å². The Balaban J connectivity index is 1.98. The first kappa shape index (κ1) is 18.3. The molecule has 1 atom stereocenters. The van der Waals surface area contributed by atoms with Crippen LogP contribution in [-0.2, 0) is 17.6 Å². The molecule has 136 valence electrons. The maximum atomic E-state index is 12.9. The molecule has 0 aliphatic heterocycles. The van der Waals surface area contributed by atoms with Crippen molar-refractivity contribution in [2.45, 2.75) is 46.1 Å². The highest BCUT2D eigenvalue weighted by Crippen LogP contribution is 2.24. The molecule has 0 aliphatic rings. The molecule has 0 amide bonds. The lowest BCUT2D eigenvalue weighted by atomic mass is 10.0. The van der Waals surface area contributed by atoms with E-state index in [1.807, 2.05) is 44.2 Å². The largest absolute Gasteiger partial charge is 0.480 e. The van der Waals surface area contributed by atoms with Crippen molar-refractivity contribution in [2.75, 3.05) is 0 Å².